The summed E-state index contributed by atoms with van der Waals surface area (Å²) in [4.78, 5) is 9.42. The van der Waals surface area contributed by atoms with E-state index in [1.54, 1.807) is 6.26 Å². The van der Waals surface area contributed by atoms with Crippen molar-refractivity contribution in [3.8, 4) is 0 Å². The van der Waals surface area contributed by atoms with Gasteiger partial charge in [0.25, 0.3) is 0 Å². The molecule has 5 aromatic rings. The standard InChI is InChI=1S/C23H18N4O/c1-2-10-18-16(7-1)8-5-13-20(18)25-23-26-21-12-4-3-11-19(21)22(27-23)24-15-17-9-6-14-28-17/h1-14H,15H2,(H2,24,25,26,27). The first-order valence-electron chi connectivity index (χ1n) is 9.15. The number of benzene rings is 3. The zero-order chi connectivity index (χ0) is 18.8. The summed E-state index contributed by atoms with van der Waals surface area (Å²) in [6.45, 7) is 0.557. The van der Waals surface area contributed by atoms with E-state index in [2.05, 4.69) is 28.8 Å². The van der Waals surface area contributed by atoms with E-state index >= 15 is 0 Å². The van der Waals surface area contributed by atoms with Crippen molar-refractivity contribution in [1.29, 1.82) is 0 Å². The van der Waals surface area contributed by atoms with E-state index in [1.165, 1.54) is 5.39 Å². The highest BCUT2D eigenvalue weighted by molar-refractivity contribution is 5.96. The van der Waals surface area contributed by atoms with Crippen LogP contribution in [0.25, 0.3) is 21.7 Å². The Morgan fingerprint density at radius 3 is 2.46 bits per heavy atom. The molecule has 0 fully saturated rings. The summed E-state index contributed by atoms with van der Waals surface area (Å²) in [6, 6.07) is 26.2. The van der Waals surface area contributed by atoms with E-state index in [0.717, 1.165) is 33.6 Å². The van der Waals surface area contributed by atoms with E-state index in [1.807, 2.05) is 60.7 Å². The molecule has 2 aromatic heterocycles. The molecule has 0 saturated carbocycles. The zero-order valence-corrected chi connectivity index (χ0v) is 15.1. The van der Waals surface area contributed by atoms with Crippen LogP contribution in [0, 0.1) is 0 Å². The molecule has 5 nitrogen and oxygen atoms in total. The highest BCUT2D eigenvalue weighted by atomic mass is 16.3. The Morgan fingerprint density at radius 2 is 1.57 bits per heavy atom. The van der Waals surface area contributed by atoms with Crippen molar-refractivity contribution in [1.82, 2.24) is 9.97 Å². The molecule has 2 N–H and O–H groups in total. The second-order valence-electron chi connectivity index (χ2n) is 6.50. The van der Waals surface area contributed by atoms with Crippen LogP contribution in [0.5, 0.6) is 0 Å². The van der Waals surface area contributed by atoms with Gasteiger partial charge in [-0.05, 0) is 35.7 Å². The average molecular weight is 366 g/mol. The van der Waals surface area contributed by atoms with Crippen molar-refractivity contribution in [2.24, 2.45) is 0 Å². The normalized spacial score (nSPS) is 11.0. The van der Waals surface area contributed by atoms with Crippen LogP contribution in [0.1, 0.15) is 5.76 Å². The lowest BCUT2D eigenvalue weighted by Gasteiger charge is -2.12. The number of nitrogens with zero attached hydrogens (tertiary/aromatic N) is 2. The summed E-state index contributed by atoms with van der Waals surface area (Å²) >= 11 is 0. The first-order valence-corrected chi connectivity index (χ1v) is 9.15. The number of anilines is 3. The lowest BCUT2D eigenvalue weighted by Crippen LogP contribution is -2.05. The van der Waals surface area contributed by atoms with Crippen LogP contribution in [0.4, 0.5) is 17.5 Å². The molecule has 0 unspecified atom stereocenters. The molecule has 0 amide bonds. The molecule has 5 heteroatoms. The van der Waals surface area contributed by atoms with Crippen LogP contribution >= 0.6 is 0 Å². The van der Waals surface area contributed by atoms with Gasteiger partial charge in [-0.1, -0.05) is 48.5 Å². The van der Waals surface area contributed by atoms with Gasteiger partial charge in [-0.2, -0.15) is 4.98 Å². The summed E-state index contributed by atoms with van der Waals surface area (Å²) in [5, 5.41) is 10.0. The minimum absolute atomic E-state index is 0.553. The van der Waals surface area contributed by atoms with Crippen molar-refractivity contribution < 1.29 is 4.42 Å². The van der Waals surface area contributed by atoms with Crippen molar-refractivity contribution in [2.45, 2.75) is 6.54 Å². The number of hydrogen-bond acceptors (Lipinski definition) is 5. The minimum Gasteiger partial charge on any atom is -0.467 e. The molecule has 28 heavy (non-hydrogen) atoms. The van der Waals surface area contributed by atoms with E-state index in [9.17, 15) is 0 Å². The van der Waals surface area contributed by atoms with E-state index in [0.29, 0.717) is 12.5 Å². The maximum Gasteiger partial charge on any atom is 0.229 e. The smallest absolute Gasteiger partial charge is 0.229 e. The second-order valence-corrected chi connectivity index (χ2v) is 6.50. The van der Waals surface area contributed by atoms with Crippen molar-refractivity contribution >= 4 is 39.1 Å². The van der Waals surface area contributed by atoms with Gasteiger partial charge in [0.05, 0.1) is 18.3 Å². The van der Waals surface area contributed by atoms with Gasteiger partial charge in [-0.25, -0.2) is 4.98 Å². The fraction of sp³-hybridized carbons (Fsp3) is 0.0435. The number of rotatable bonds is 5. The van der Waals surface area contributed by atoms with E-state index in [4.69, 9.17) is 14.4 Å². The van der Waals surface area contributed by atoms with Crippen molar-refractivity contribution in [2.75, 3.05) is 10.6 Å². The largest absolute Gasteiger partial charge is 0.467 e. The topological polar surface area (TPSA) is 63.0 Å². The first-order chi connectivity index (χ1) is 13.9. The van der Waals surface area contributed by atoms with Crippen LogP contribution in [-0.4, -0.2) is 9.97 Å². The fourth-order valence-electron chi connectivity index (χ4n) is 3.31. The van der Waals surface area contributed by atoms with Crippen LogP contribution in [0.15, 0.2) is 89.5 Å². The number of furan rings is 1. The number of para-hydroxylation sites is 1. The average Bonchev–Trinajstić information content (AvgIpc) is 3.26. The molecule has 0 radical (unpaired) electrons. The highest BCUT2D eigenvalue weighted by Crippen LogP contribution is 2.28. The number of hydrogen-bond donors (Lipinski definition) is 2. The lowest BCUT2D eigenvalue weighted by molar-refractivity contribution is 0.518. The van der Waals surface area contributed by atoms with Crippen LogP contribution in [0.3, 0.4) is 0 Å². The number of nitrogens with one attached hydrogen (secondary N) is 2. The van der Waals surface area contributed by atoms with Gasteiger partial charge in [0.2, 0.25) is 5.95 Å². The van der Waals surface area contributed by atoms with Gasteiger partial charge in [0, 0.05) is 16.5 Å². The molecule has 5 rings (SSSR count). The third-order valence-corrected chi connectivity index (χ3v) is 4.65. The molecule has 0 aliphatic rings. The van der Waals surface area contributed by atoms with Crippen molar-refractivity contribution in [3.63, 3.8) is 0 Å². The Labute approximate surface area is 162 Å². The molecule has 0 aliphatic carbocycles. The Kier molecular flexibility index (Phi) is 4.10. The summed E-state index contributed by atoms with van der Waals surface area (Å²) in [5.74, 6) is 2.17. The summed E-state index contributed by atoms with van der Waals surface area (Å²) in [6.07, 6.45) is 1.67. The predicted octanol–water partition coefficient (Wildman–Crippen LogP) is 5.73. The molecule has 136 valence electrons. The Morgan fingerprint density at radius 1 is 0.750 bits per heavy atom. The van der Waals surface area contributed by atoms with Crippen LogP contribution in [-0.2, 0) is 6.54 Å². The Bertz CT molecular complexity index is 1240. The third-order valence-electron chi connectivity index (χ3n) is 4.65. The summed E-state index contributed by atoms with van der Waals surface area (Å²) < 4.78 is 5.42. The molecule has 0 saturated heterocycles. The SMILES string of the molecule is c1coc(CNc2nc(Nc3cccc4ccccc34)nc3ccccc23)c1. The molecule has 3 aromatic carbocycles. The monoisotopic (exact) mass is 366 g/mol. The molecule has 0 aliphatic heterocycles. The first kappa shape index (κ1) is 16.3. The van der Waals surface area contributed by atoms with Gasteiger partial charge >= 0.3 is 0 Å². The number of fused-ring (bicyclic) bond motifs is 2. The van der Waals surface area contributed by atoms with Gasteiger partial charge in [0.1, 0.15) is 11.6 Å². The van der Waals surface area contributed by atoms with Gasteiger partial charge in [-0.3, -0.25) is 0 Å². The quantitative estimate of drug-likeness (QED) is 0.416. The van der Waals surface area contributed by atoms with Gasteiger partial charge in [-0.15, -0.1) is 0 Å². The molecule has 2 heterocycles. The third kappa shape index (κ3) is 3.14. The maximum atomic E-state index is 5.42. The minimum atomic E-state index is 0.553. The van der Waals surface area contributed by atoms with Crippen molar-refractivity contribution in [3.05, 3.63) is 90.9 Å². The summed E-state index contributed by atoms with van der Waals surface area (Å²) in [7, 11) is 0. The molecule has 0 atom stereocenters. The van der Waals surface area contributed by atoms with Crippen LogP contribution < -0.4 is 10.6 Å². The lowest BCUT2D eigenvalue weighted by atomic mass is 10.1. The second kappa shape index (κ2) is 7.04. The molecular weight excluding hydrogens is 348 g/mol. The number of aromatic nitrogens is 2. The molecule has 0 bridgehead atoms. The fourth-order valence-corrected chi connectivity index (χ4v) is 3.31. The highest BCUT2D eigenvalue weighted by Gasteiger charge is 2.09. The van der Waals surface area contributed by atoms with Gasteiger partial charge < -0.3 is 15.1 Å². The van der Waals surface area contributed by atoms with E-state index < -0.39 is 0 Å². The summed E-state index contributed by atoms with van der Waals surface area (Å²) in [5.41, 5.74) is 1.85. The zero-order valence-electron chi connectivity index (χ0n) is 15.1. The molecular formula is C23H18N4O. The Hall–Kier alpha value is -3.86. The maximum absolute atomic E-state index is 5.42. The van der Waals surface area contributed by atoms with Gasteiger partial charge in [0.15, 0.2) is 0 Å². The van der Waals surface area contributed by atoms with Crippen LogP contribution in [0.2, 0.25) is 0 Å². The van der Waals surface area contributed by atoms with E-state index in [-0.39, 0.29) is 0 Å². The molecule has 0 spiro atoms. The predicted molar refractivity (Wildman–Crippen MR) is 113 cm³/mol. The Balaban J connectivity index is 1.54.